The summed E-state index contributed by atoms with van der Waals surface area (Å²) in [7, 11) is 1.93. The summed E-state index contributed by atoms with van der Waals surface area (Å²) in [4.78, 5) is 12.7. The molecule has 2 aromatic heterocycles. The first-order chi connectivity index (χ1) is 10.6. The summed E-state index contributed by atoms with van der Waals surface area (Å²) in [5.41, 5.74) is 2.27. The fraction of sp³-hybridized carbons (Fsp3) is 0.533. The van der Waals surface area contributed by atoms with E-state index in [1.165, 1.54) is 0 Å². The lowest BCUT2D eigenvalue weighted by Crippen LogP contribution is -2.29. The second-order valence-electron chi connectivity index (χ2n) is 5.70. The summed E-state index contributed by atoms with van der Waals surface area (Å²) in [5.74, 6) is 0.851. The molecule has 1 fully saturated rings. The third kappa shape index (κ3) is 2.52. The van der Waals surface area contributed by atoms with Gasteiger partial charge in [-0.1, -0.05) is 0 Å². The van der Waals surface area contributed by atoms with E-state index >= 15 is 0 Å². The van der Waals surface area contributed by atoms with E-state index < -0.39 is 0 Å². The van der Waals surface area contributed by atoms with E-state index in [1.54, 1.807) is 10.9 Å². The molecule has 2 atom stereocenters. The molecule has 0 bridgehead atoms. The summed E-state index contributed by atoms with van der Waals surface area (Å²) in [6, 6.07) is 1.83. The Kier molecular flexibility index (Phi) is 3.98. The Morgan fingerprint density at radius 1 is 1.45 bits per heavy atom. The zero-order valence-corrected chi connectivity index (χ0v) is 13.2. The highest BCUT2D eigenvalue weighted by Crippen LogP contribution is 2.30. The molecule has 0 spiro atoms. The molecule has 0 unspecified atom stereocenters. The third-order valence-electron chi connectivity index (χ3n) is 4.49. The minimum Gasteiger partial charge on any atom is -0.315 e. The van der Waals surface area contributed by atoms with Crippen LogP contribution in [0.2, 0.25) is 0 Å². The van der Waals surface area contributed by atoms with Crippen molar-refractivity contribution in [1.29, 1.82) is 0 Å². The summed E-state index contributed by atoms with van der Waals surface area (Å²) < 4.78 is 3.64. The van der Waals surface area contributed by atoms with Crippen LogP contribution < -0.4 is 10.6 Å². The van der Waals surface area contributed by atoms with Crippen LogP contribution in [0.15, 0.2) is 18.5 Å². The monoisotopic (exact) mass is 302 g/mol. The number of hydrogen-bond acceptors (Lipinski definition) is 4. The van der Waals surface area contributed by atoms with E-state index in [1.807, 2.05) is 37.8 Å². The fourth-order valence-corrected chi connectivity index (χ4v) is 3.07. The molecule has 1 aliphatic heterocycles. The van der Waals surface area contributed by atoms with Crippen LogP contribution in [0.5, 0.6) is 0 Å². The zero-order valence-electron chi connectivity index (χ0n) is 13.2. The van der Waals surface area contributed by atoms with Gasteiger partial charge in [-0.2, -0.15) is 10.2 Å². The lowest BCUT2D eigenvalue weighted by molar-refractivity contribution is -0.119. The molecule has 0 radical (unpaired) electrons. The molecule has 3 rings (SSSR count). The predicted octanol–water partition coefficient (Wildman–Crippen LogP) is 0.887. The van der Waals surface area contributed by atoms with Crippen molar-refractivity contribution in [3.8, 4) is 0 Å². The van der Waals surface area contributed by atoms with Gasteiger partial charge in [0, 0.05) is 44.4 Å². The number of carbonyl (C=O) groups is 1. The largest absolute Gasteiger partial charge is 0.315 e. The normalized spacial score (nSPS) is 21.2. The number of nitrogens with zero attached hydrogens (tertiary/aromatic N) is 4. The van der Waals surface area contributed by atoms with Gasteiger partial charge in [-0.05, 0) is 19.4 Å². The van der Waals surface area contributed by atoms with E-state index in [-0.39, 0.29) is 17.7 Å². The minimum atomic E-state index is -0.0943. The highest BCUT2D eigenvalue weighted by Gasteiger charge is 2.36. The Morgan fingerprint density at radius 3 is 2.95 bits per heavy atom. The molecule has 1 saturated heterocycles. The maximum atomic E-state index is 12.7. The van der Waals surface area contributed by atoms with Crippen LogP contribution in [0.4, 0.5) is 5.82 Å². The number of rotatable bonds is 4. The van der Waals surface area contributed by atoms with Crippen molar-refractivity contribution in [3.05, 3.63) is 29.7 Å². The third-order valence-corrected chi connectivity index (χ3v) is 4.49. The van der Waals surface area contributed by atoms with Crippen molar-refractivity contribution in [2.24, 2.45) is 13.0 Å². The first-order valence-corrected chi connectivity index (χ1v) is 7.63. The second kappa shape index (κ2) is 5.92. The average molecular weight is 302 g/mol. The van der Waals surface area contributed by atoms with Crippen LogP contribution in [-0.2, 0) is 18.4 Å². The number of hydrogen-bond donors (Lipinski definition) is 2. The van der Waals surface area contributed by atoms with Gasteiger partial charge >= 0.3 is 0 Å². The molecule has 2 aromatic rings. The van der Waals surface area contributed by atoms with E-state index in [9.17, 15) is 4.79 Å². The molecular formula is C15H22N6O. The number of amides is 1. The van der Waals surface area contributed by atoms with Gasteiger partial charge in [0.15, 0.2) is 0 Å². The van der Waals surface area contributed by atoms with Crippen molar-refractivity contribution >= 4 is 11.7 Å². The van der Waals surface area contributed by atoms with Crippen molar-refractivity contribution < 1.29 is 4.79 Å². The topological polar surface area (TPSA) is 76.8 Å². The number of aryl methyl sites for hydroxylation is 2. The van der Waals surface area contributed by atoms with Gasteiger partial charge in [0.25, 0.3) is 0 Å². The van der Waals surface area contributed by atoms with Gasteiger partial charge in [-0.3, -0.25) is 9.48 Å². The van der Waals surface area contributed by atoms with E-state index in [0.29, 0.717) is 6.54 Å². The molecule has 2 N–H and O–H groups in total. The maximum Gasteiger partial charge on any atom is 0.230 e. The maximum absolute atomic E-state index is 12.7. The highest BCUT2D eigenvalue weighted by molar-refractivity contribution is 5.92. The highest BCUT2D eigenvalue weighted by atomic mass is 16.2. The quantitative estimate of drug-likeness (QED) is 0.879. The van der Waals surface area contributed by atoms with Crippen LogP contribution in [0.25, 0.3) is 0 Å². The van der Waals surface area contributed by atoms with Gasteiger partial charge in [0.2, 0.25) is 5.91 Å². The Labute approximate surface area is 129 Å². The van der Waals surface area contributed by atoms with Crippen LogP contribution in [0.3, 0.4) is 0 Å². The molecule has 0 saturated carbocycles. The molecule has 22 heavy (non-hydrogen) atoms. The van der Waals surface area contributed by atoms with Crippen LogP contribution >= 0.6 is 0 Å². The van der Waals surface area contributed by atoms with Crippen LogP contribution in [0.1, 0.15) is 24.1 Å². The van der Waals surface area contributed by atoms with E-state index in [4.69, 9.17) is 0 Å². The van der Waals surface area contributed by atoms with Gasteiger partial charge in [-0.25, -0.2) is 4.68 Å². The molecule has 1 amide bonds. The molecular weight excluding hydrogens is 280 g/mol. The Morgan fingerprint density at radius 2 is 2.27 bits per heavy atom. The smallest absolute Gasteiger partial charge is 0.230 e. The van der Waals surface area contributed by atoms with Crippen LogP contribution in [0, 0.1) is 12.8 Å². The number of aromatic nitrogens is 4. The van der Waals surface area contributed by atoms with Crippen molar-refractivity contribution in [2.45, 2.75) is 26.3 Å². The number of nitrogens with one attached hydrogen (secondary N) is 2. The van der Waals surface area contributed by atoms with Crippen molar-refractivity contribution in [2.75, 3.05) is 18.4 Å². The summed E-state index contributed by atoms with van der Waals surface area (Å²) in [6.07, 6.45) is 3.58. The zero-order chi connectivity index (χ0) is 15.7. The van der Waals surface area contributed by atoms with Gasteiger partial charge < -0.3 is 10.6 Å². The Bertz CT molecular complexity index is 673. The lowest BCUT2D eigenvalue weighted by Gasteiger charge is -2.18. The average Bonchev–Trinajstić information content (AvgIpc) is 3.21. The second-order valence-corrected chi connectivity index (χ2v) is 5.70. The van der Waals surface area contributed by atoms with Crippen molar-refractivity contribution in [1.82, 2.24) is 24.9 Å². The molecule has 3 heterocycles. The molecule has 1 aliphatic rings. The van der Waals surface area contributed by atoms with E-state index in [2.05, 4.69) is 20.8 Å². The minimum absolute atomic E-state index is 0.0356. The molecule has 0 aromatic carbocycles. The predicted molar refractivity (Wildman–Crippen MR) is 83.6 cm³/mol. The van der Waals surface area contributed by atoms with Gasteiger partial charge in [0.1, 0.15) is 5.82 Å². The summed E-state index contributed by atoms with van der Waals surface area (Å²) >= 11 is 0. The first-order valence-electron chi connectivity index (χ1n) is 7.63. The van der Waals surface area contributed by atoms with Gasteiger partial charge in [0.05, 0.1) is 18.3 Å². The number of carbonyl (C=O) groups excluding carboxylic acids is 1. The standard InChI is InChI=1S/C15H22N6O/c1-4-21-14(5-6-17-21)19-15(22)13-8-16-7-12(13)11-9-18-20(3)10(11)2/h5-6,9,12-13,16H,4,7-8H2,1-3H3,(H,19,22)/t12-,13+/m1/s1. The van der Waals surface area contributed by atoms with E-state index in [0.717, 1.165) is 30.2 Å². The first kappa shape index (κ1) is 14.8. The van der Waals surface area contributed by atoms with Crippen molar-refractivity contribution in [3.63, 3.8) is 0 Å². The molecule has 0 aliphatic carbocycles. The Hall–Kier alpha value is -2.15. The van der Waals surface area contributed by atoms with Crippen LogP contribution in [-0.4, -0.2) is 38.6 Å². The molecule has 7 heteroatoms. The lowest BCUT2D eigenvalue weighted by atomic mass is 9.88. The fourth-order valence-electron chi connectivity index (χ4n) is 3.07. The summed E-state index contributed by atoms with van der Waals surface area (Å²) in [6.45, 7) is 6.27. The Balaban J connectivity index is 1.78. The summed E-state index contributed by atoms with van der Waals surface area (Å²) in [5, 5.41) is 14.8. The molecule has 7 nitrogen and oxygen atoms in total. The molecule has 118 valence electrons. The number of anilines is 1. The SMILES string of the molecule is CCn1nccc1NC(=O)[C@H]1CNC[C@@H]1c1cnn(C)c1C. The van der Waals surface area contributed by atoms with Gasteiger partial charge in [-0.15, -0.1) is 0 Å².